The molecule has 4 heteroatoms. The molecular formula is C13H12F2N2. The van der Waals surface area contributed by atoms with Gasteiger partial charge in [-0.2, -0.15) is 0 Å². The van der Waals surface area contributed by atoms with Crippen LogP contribution in [0.3, 0.4) is 0 Å². The molecule has 0 aliphatic carbocycles. The van der Waals surface area contributed by atoms with E-state index in [4.69, 9.17) is 5.73 Å². The minimum absolute atomic E-state index is 0.289. The Morgan fingerprint density at radius 2 is 1.88 bits per heavy atom. The normalized spacial score (nSPS) is 10.3. The Balaban J connectivity index is 2.33. The summed E-state index contributed by atoms with van der Waals surface area (Å²) in [5, 5.41) is 2.95. The molecule has 0 aliphatic rings. The summed E-state index contributed by atoms with van der Waals surface area (Å²) < 4.78 is 26.2. The molecule has 3 N–H and O–H groups in total. The van der Waals surface area contributed by atoms with Gasteiger partial charge in [0.25, 0.3) is 0 Å². The summed E-state index contributed by atoms with van der Waals surface area (Å²) in [6.07, 6.45) is 0. The summed E-state index contributed by atoms with van der Waals surface area (Å²) in [7, 11) is 0. The number of aryl methyl sites for hydroxylation is 1. The second-order valence-electron chi connectivity index (χ2n) is 3.82. The highest BCUT2D eigenvalue weighted by Gasteiger charge is 2.05. The molecule has 0 amide bonds. The van der Waals surface area contributed by atoms with Gasteiger partial charge in [-0.15, -0.1) is 0 Å². The van der Waals surface area contributed by atoms with Crippen LogP contribution in [0.5, 0.6) is 0 Å². The molecule has 0 fully saturated rings. The van der Waals surface area contributed by atoms with Crippen molar-refractivity contribution < 1.29 is 8.78 Å². The van der Waals surface area contributed by atoms with Crippen LogP contribution in [0.4, 0.5) is 25.8 Å². The van der Waals surface area contributed by atoms with Gasteiger partial charge in [0.2, 0.25) is 0 Å². The number of halogens is 2. The minimum atomic E-state index is -0.354. The van der Waals surface area contributed by atoms with Crippen molar-refractivity contribution in [2.45, 2.75) is 6.92 Å². The van der Waals surface area contributed by atoms with E-state index in [1.165, 1.54) is 18.2 Å². The molecule has 0 radical (unpaired) electrons. The van der Waals surface area contributed by atoms with Gasteiger partial charge < -0.3 is 11.1 Å². The fourth-order valence-corrected chi connectivity index (χ4v) is 1.53. The molecule has 0 spiro atoms. The number of hydrogen-bond donors (Lipinski definition) is 2. The van der Waals surface area contributed by atoms with Crippen molar-refractivity contribution in [3.8, 4) is 0 Å². The van der Waals surface area contributed by atoms with Crippen molar-refractivity contribution in [1.29, 1.82) is 0 Å². The minimum Gasteiger partial charge on any atom is -0.397 e. The van der Waals surface area contributed by atoms with Gasteiger partial charge >= 0.3 is 0 Å². The summed E-state index contributed by atoms with van der Waals surface area (Å²) in [4.78, 5) is 0. The van der Waals surface area contributed by atoms with Crippen LogP contribution in [0.1, 0.15) is 5.56 Å². The molecule has 88 valence electrons. The van der Waals surface area contributed by atoms with Crippen LogP contribution in [0.15, 0.2) is 36.4 Å². The Bertz CT molecular complexity index is 553. The third-order valence-electron chi connectivity index (χ3n) is 2.43. The Hall–Kier alpha value is -2.10. The molecule has 0 bridgehead atoms. The average Bonchev–Trinajstić information content (AvgIpc) is 2.26. The first-order valence-corrected chi connectivity index (χ1v) is 5.14. The first kappa shape index (κ1) is 11.4. The monoisotopic (exact) mass is 234 g/mol. The Morgan fingerprint density at radius 3 is 2.59 bits per heavy atom. The number of benzene rings is 2. The van der Waals surface area contributed by atoms with Crippen LogP contribution < -0.4 is 11.1 Å². The number of rotatable bonds is 2. The lowest BCUT2D eigenvalue weighted by molar-refractivity contribution is 0.619. The number of hydrogen-bond acceptors (Lipinski definition) is 2. The van der Waals surface area contributed by atoms with Crippen molar-refractivity contribution in [1.82, 2.24) is 0 Å². The summed E-state index contributed by atoms with van der Waals surface area (Å²) in [5.41, 5.74) is 7.59. The first-order chi connectivity index (χ1) is 8.06. The molecule has 0 heterocycles. The van der Waals surface area contributed by atoms with Gasteiger partial charge in [-0.1, -0.05) is 6.07 Å². The van der Waals surface area contributed by atoms with E-state index in [1.807, 2.05) is 0 Å². The second-order valence-corrected chi connectivity index (χ2v) is 3.82. The lowest BCUT2D eigenvalue weighted by Gasteiger charge is -2.10. The van der Waals surface area contributed by atoms with Crippen molar-refractivity contribution >= 4 is 17.1 Å². The van der Waals surface area contributed by atoms with E-state index in [0.717, 1.165) is 0 Å². The average molecular weight is 234 g/mol. The SMILES string of the molecule is Cc1cc(Nc2cccc(F)c2)c(N)cc1F. The zero-order valence-corrected chi connectivity index (χ0v) is 9.30. The van der Waals surface area contributed by atoms with Crippen LogP contribution in [-0.4, -0.2) is 0 Å². The second kappa shape index (κ2) is 4.41. The first-order valence-electron chi connectivity index (χ1n) is 5.14. The third kappa shape index (κ3) is 2.53. The maximum absolute atomic E-state index is 13.2. The lowest BCUT2D eigenvalue weighted by Crippen LogP contribution is -1.98. The molecule has 17 heavy (non-hydrogen) atoms. The van der Waals surface area contributed by atoms with Crippen molar-refractivity contribution in [3.63, 3.8) is 0 Å². The fraction of sp³-hybridized carbons (Fsp3) is 0.0769. The molecule has 2 aromatic rings. The van der Waals surface area contributed by atoms with Gasteiger partial charge in [0, 0.05) is 5.69 Å². The number of anilines is 3. The molecule has 2 aromatic carbocycles. The van der Waals surface area contributed by atoms with Gasteiger partial charge in [0.1, 0.15) is 11.6 Å². The Morgan fingerprint density at radius 1 is 1.12 bits per heavy atom. The molecule has 0 atom stereocenters. The Labute approximate surface area is 98.1 Å². The molecule has 0 saturated carbocycles. The van der Waals surface area contributed by atoms with Crippen molar-refractivity contribution in [2.75, 3.05) is 11.1 Å². The lowest BCUT2D eigenvalue weighted by atomic mass is 10.1. The highest BCUT2D eigenvalue weighted by atomic mass is 19.1. The Kier molecular flexibility index (Phi) is 2.95. The smallest absolute Gasteiger partial charge is 0.128 e. The van der Waals surface area contributed by atoms with E-state index in [1.54, 1.807) is 25.1 Å². The predicted molar refractivity (Wildman–Crippen MR) is 65.2 cm³/mol. The van der Waals surface area contributed by atoms with Crippen LogP contribution in [0.2, 0.25) is 0 Å². The number of nitrogens with one attached hydrogen (secondary N) is 1. The summed E-state index contributed by atoms with van der Waals surface area (Å²) in [6.45, 7) is 1.64. The molecule has 0 unspecified atom stereocenters. The van der Waals surface area contributed by atoms with Crippen molar-refractivity contribution in [2.24, 2.45) is 0 Å². The maximum atomic E-state index is 13.2. The summed E-state index contributed by atoms with van der Waals surface area (Å²) >= 11 is 0. The van der Waals surface area contributed by atoms with E-state index >= 15 is 0 Å². The van der Waals surface area contributed by atoms with Gasteiger partial charge in [-0.25, -0.2) is 8.78 Å². The van der Waals surface area contributed by atoms with Gasteiger partial charge in [0.05, 0.1) is 11.4 Å². The molecular weight excluding hydrogens is 222 g/mol. The quantitative estimate of drug-likeness (QED) is 0.779. The molecule has 0 aliphatic heterocycles. The van der Waals surface area contributed by atoms with Crippen molar-refractivity contribution in [3.05, 3.63) is 53.6 Å². The third-order valence-corrected chi connectivity index (χ3v) is 2.43. The summed E-state index contributed by atoms with van der Waals surface area (Å²) in [5.74, 6) is -0.695. The van der Waals surface area contributed by atoms with Crippen LogP contribution in [-0.2, 0) is 0 Å². The molecule has 2 nitrogen and oxygen atoms in total. The molecule has 0 saturated heterocycles. The van der Waals surface area contributed by atoms with E-state index in [9.17, 15) is 8.78 Å². The van der Waals surface area contributed by atoms with E-state index < -0.39 is 0 Å². The fourth-order valence-electron chi connectivity index (χ4n) is 1.53. The highest BCUT2D eigenvalue weighted by Crippen LogP contribution is 2.26. The number of nitrogens with two attached hydrogens (primary N) is 1. The summed E-state index contributed by atoms with van der Waals surface area (Å²) in [6, 6.07) is 8.83. The highest BCUT2D eigenvalue weighted by molar-refractivity contribution is 5.73. The van der Waals surface area contributed by atoms with Gasteiger partial charge in [0.15, 0.2) is 0 Å². The van der Waals surface area contributed by atoms with Crippen LogP contribution in [0.25, 0.3) is 0 Å². The van der Waals surface area contributed by atoms with Crippen LogP contribution in [0, 0.1) is 18.6 Å². The zero-order valence-electron chi connectivity index (χ0n) is 9.30. The van der Waals surface area contributed by atoms with E-state index in [0.29, 0.717) is 16.9 Å². The number of nitrogen functional groups attached to an aromatic ring is 1. The van der Waals surface area contributed by atoms with E-state index in [-0.39, 0.29) is 17.3 Å². The standard InChI is InChI=1S/C13H12F2N2/c1-8-5-13(12(16)7-11(8)15)17-10-4-2-3-9(14)6-10/h2-7,17H,16H2,1H3. The van der Waals surface area contributed by atoms with Crippen LogP contribution >= 0.6 is 0 Å². The topological polar surface area (TPSA) is 38.0 Å². The predicted octanol–water partition coefficient (Wildman–Crippen LogP) is 3.60. The maximum Gasteiger partial charge on any atom is 0.128 e. The molecule has 0 aromatic heterocycles. The van der Waals surface area contributed by atoms with E-state index in [2.05, 4.69) is 5.32 Å². The molecule has 2 rings (SSSR count). The largest absolute Gasteiger partial charge is 0.397 e. The van der Waals surface area contributed by atoms with Gasteiger partial charge in [-0.05, 0) is 42.8 Å². The van der Waals surface area contributed by atoms with Gasteiger partial charge in [-0.3, -0.25) is 0 Å². The zero-order chi connectivity index (χ0) is 12.4.